The lowest BCUT2D eigenvalue weighted by molar-refractivity contribution is -0.166. The van der Waals surface area contributed by atoms with Crippen molar-refractivity contribution in [2.45, 2.75) is 54.3 Å². The molecule has 0 bridgehead atoms. The van der Waals surface area contributed by atoms with E-state index >= 15 is 0 Å². The van der Waals surface area contributed by atoms with Crippen LogP contribution < -0.4 is 16.4 Å². The molecule has 0 unspecified atom stereocenters. The summed E-state index contributed by atoms with van der Waals surface area (Å²) in [6, 6.07) is 6.71. The van der Waals surface area contributed by atoms with Crippen molar-refractivity contribution in [2.24, 2.45) is 26.2 Å². The van der Waals surface area contributed by atoms with Gasteiger partial charge in [-0.2, -0.15) is 35.1 Å². The highest BCUT2D eigenvalue weighted by Gasteiger charge is 2.66. The van der Waals surface area contributed by atoms with Gasteiger partial charge in [0.15, 0.2) is 0 Å². The van der Waals surface area contributed by atoms with Crippen LogP contribution in [0.2, 0.25) is 0 Å². The van der Waals surface area contributed by atoms with Crippen molar-refractivity contribution in [3.05, 3.63) is 103 Å². The number of hydrogen-bond acceptors (Lipinski definition) is 8. The highest BCUT2D eigenvalue weighted by Crippen LogP contribution is 2.60. The molecule has 0 spiro atoms. The van der Waals surface area contributed by atoms with Crippen molar-refractivity contribution >= 4 is 57.2 Å². The molecule has 6 N–H and O–H groups in total. The van der Waals surface area contributed by atoms with E-state index in [0.29, 0.717) is 6.07 Å². The molecule has 5 rings (SSSR count). The van der Waals surface area contributed by atoms with Crippen LogP contribution in [0.1, 0.15) is 38.2 Å². The average Bonchev–Trinajstić information content (AvgIpc) is 3.97. The summed E-state index contributed by atoms with van der Waals surface area (Å²) in [5, 5.41) is 17.0. The molecule has 2 atom stereocenters. The zero-order valence-corrected chi connectivity index (χ0v) is 30.5. The summed E-state index contributed by atoms with van der Waals surface area (Å²) in [6.07, 6.45) is -11.0. The Kier molecular flexibility index (Phi) is 10.7. The molecule has 3 aromatic carbocycles. The number of carbonyl (C=O) groups is 3. The van der Waals surface area contributed by atoms with E-state index in [1.807, 2.05) is 0 Å². The number of carbonyl (C=O) groups excluding carboxylic acids is 3. The van der Waals surface area contributed by atoms with Crippen LogP contribution in [0.5, 0.6) is 0 Å². The average molecular weight is 919 g/mol. The third-order valence-electron chi connectivity index (χ3n) is 8.17. The van der Waals surface area contributed by atoms with E-state index < -0.39 is 106 Å². The normalized spacial score (nSPS) is 17.0. The van der Waals surface area contributed by atoms with Gasteiger partial charge in [0.2, 0.25) is 11.8 Å². The van der Waals surface area contributed by atoms with Crippen molar-refractivity contribution in [3.63, 3.8) is 0 Å². The van der Waals surface area contributed by atoms with Crippen molar-refractivity contribution in [2.75, 3.05) is 0 Å². The molecule has 0 radical (unpaired) electrons. The van der Waals surface area contributed by atoms with Crippen LogP contribution in [0, 0.1) is 0 Å². The molecule has 54 heavy (non-hydrogen) atoms. The fourth-order valence-corrected chi connectivity index (χ4v) is 7.06. The molecule has 2 aliphatic heterocycles. The van der Waals surface area contributed by atoms with Gasteiger partial charge in [-0.1, -0.05) is 68.3 Å². The quantitative estimate of drug-likeness (QED) is 0.0974. The topological polar surface area (TPSA) is 208 Å². The number of primary amides is 1. The predicted octanol–water partition coefficient (Wildman–Crippen LogP) is 6.35. The van der Waals surface area contributed by atoms with Crippen LogP contribution in [0.4, 0.5) is 35.1 Å². The second kappa shape index (κ2) is 14.2. The zero-order valence-electron chi connectivity index (χ0n) is 26.5. The Morgan fingerprint density at radius 1 is 0.759 bits per heavy atom. The summed E-state index contributed by atoms with van der Waals surface area (Å²) in [6.45, 7) is 0. The van der Waals surface area contributed by atoms with E-state index in [2.05, 4.69) is 63.0 Å². The molecule has 2 heterocycles. The Labute approximate surface area is 314 Å². The molecule has 2 aliphatic rings. The molecule has 0 saturated heterocycles. The summed E-state index contributed by atoms with van der Waals surface area (Å²) in [4.78, 5) is 57.9. The lowest BCUT2D eigenvalue weighted by Gasteiger charge is -2.24. The van der Waals surface area contributed by atoms with E-state index in [9.17, 15) is 54.1 Å². The maximum Gasteiger partial charge on any atom is 0.442 e. The van der Waals surface area contributed by atoms with Gasteiger partial charge in [0.1, 0.15) is 12.1 Å². The SMILES string of the molecule is NC(=O)[C@H](Cc1ccc(C(F)(F)P(=O)(O)O)c(Br)c1)NC(=O)[C@H](Cc1cccc(C2(C(F)(F)F)N=N2)c1)NC(=O)c1cc(Br)cc(C2(C(F)(F)F)N=N2)c1. The minimum Gasteiger partial charge on any atom is -0.368 e. The van der Waals surface area contributed by atoms with E-state index in [-0.39, 0.29) is 15.6 Å². The summed E-state index contributed by atoms with van der Waals surface area (Å²) < 4.78 is 122. The molecule has 3 aromatic rings. The molecule has 0 aliphatic carbocycles. The summed E-state index contributed by atoms with van der Waals surface area (Å²) in [5.41, 5.74) is -7.38. The number of halogens is 10. The first-order valence-electron chi connectivity index (χ1n) is 14.9. The molecular formula is C30H22Br2F8N7O6P. The highest BCUT2D eigenvalue weighted by atomic mass is 79.9. The Bertz CT molecular complexity index is 2140. The molecule has 3 amide bonds. The first kappa shape index (κ1) is 41.0. The molecule has 288 valence electrons. The van der Waals surface area contributed by atoms with Crippen LogP contribution in [0.25, 0.3) is 0 Å². The zero-order chi connectivity index (χ0) is 40.2. The number of rotatable bonds is 13. The maximum absolute atomic E-state index is 14.3. The number of alkyl halides is 8. The molecular weight excluding hydrogens is 897 g/mol. The highest BCUT2D eigenvalue weighted by molar-refractivity contribution is 9.10. The van der Waals surface area contributed by atoms with Crippen LogP contribution in [-0.2, 0) is 44.0 Å². The van der Waals surface area contributed by atoms with Crippen LogP contribution in [0.3, 0.4) is 0 Å². The third kappa shape index (κ3) is 8.09. The first-order valence-corrected chi connectivity index (χ1v) is 18.1. The number of nitrogens with zero attached hydrogens (tertiary/aromatic N) is 4. The Hall–Kier alpha value is -4.18. The Balaban J connectivity index is 1.44. The van der Waals surface area contributed by atoms with E-state index in [0.717, 1.165) is 42.5 Å². The smallest absolute Gasteiger partial charge is 0.368 e. The van der Waals surface area contributed by atoms with Gasteiger partial charge in [0.25, 0.3) is 5.91 Å². The van der Waals surface area contributed by atoms with Crippen LogP contribution in [0.15, 0.2) is 90.1 Å². The van der Waals surface area contributed by atoms with E-state index in [1.54, 1.807) is 0 Å². The van der Waals surface area contributed by atoms with Gasteiger partial charge < -0.3 is 26.2 Å². The van der Waals surface area contributed by atoms with Crippen molar-refractivity contribution in [3.8, 4) is 0 Å². The fourth-order valence-electron chi connectivity index (χ4n) is 5.23. The van der Waals surface area contributed by atoms with Crippen molar-refractivity contribution in [1.82, 2.24) is 10.6 Å². The monoisotopic (exact) mass is 917 g/mol. The largest absolute Gasteiger partial charge is 0.442 e. The molecule has 0 fully saturated rings. The van der Waals surface area contributed by atoms with E-state index in [1.165, 1.54) is 12.1 Å². The van der Waals surface area contributed by atoms with Gasteiger partial charge in [0, 0.05) is 44.0 Å². The van der Waals surface area contributed by atoms with Gasteiger partial charge >= 0.3 is 36.9 Å². The van der Waals surface area contributed by atoms with Crippen molar-refractivity contribution < 1.29 is 63.9 Å². The molecule has 24 heteroatoms. The second-order valence-electron chi connectivity index (χ2n) is 12.0. The lowest BCUT2D eigenvalue weighted by atomic mass is 9.96. The number of benzene rings is 3. The Morgan fingerprint density at radius 3 is 1.83 bits per heavy atom. The number of nitrogens with two attached hydrogens (primary N) is 1. The minimum absolute atomic E-state index is 0.0107. The van der Waals surface area contributed by atoms with Gasteiger partial charge in [-0.3, -0.25) is 18.9 Å². The van der Waals surface area contributed by atoms with Gasteiger partial charge in [-0.15, -0.1) is 20.5 Å². The number of hydrogen-bond donors (Lipinski definition) is 5. The summed E-state index contributed by atoms with van der Waals surface area (Å²) >= 11 is 5.82. The third-order valence-corrected chi connectivity index (χ3v) is 10.3. The van der Waals surface area contributed by atoms with Gasteiger partial charge in [-0.25, -0.2) is 0 Å². The standard InChI is InChI=1S/C30H22Br2F8N7O6P/c31-18-11-15(10-17(12-18)27(46-47-27)30(38,39)40)24(49)43-22(9-13-2-1-3-16(6-13)26(44-45-26)29(35,36)37)25(50)42-21(23(41)48)8-14-4-5-19(20(32)7-14)28(33,34)54(51,52)53/h1-7,10-12,21-22H,8-9H2,(H2,41,48)(H,42,50)(H,43,49)(H2,51,52,53)/t21-,22-/m0/s1. The molecule has 13 nitrogen and oxygen atoms in total. The van der Waals surface area contributed by atoms with Gasteiger partial charge in [-0.05, 0) is 35.4 Å². The predicted molar refractivity (Wildman–Crippen MR) is 176 cm³/mol. The van der Waals surface area contributed by atoms with Gasteiger partial charge in [0.05, 0.1) is 0 Å². The summed E-state index contributed by atoms with van der Waals surface area (Å²) in [7, 11) is -5.96. The summed E-state index contributed by atoms with van der Waals surface area (Å²) in [5.74, 6) is -3.50. The first-order chi connectivity index (χ1) is 24.8. The maximum atomic E-state index is 14.3. The lowest BCUT2D eigenvalue weighted by Crippen LogP contribution is -2.54. The Morgan fingerprint density at radius 2 is 1.31 bits per heavy atom. The second-order valence-corrected chi connectivity index (χ2v) is 15.4. The number of amides is 3. The van der Waals surface area contributed by atoms with E-state index in [4.69, 9.17) is 15.5 Å². The minimum atomic E-state index is -5.96. The van der Waals surface area contributed by atoms with Crippen molar-refractivity contribution in [1.29, 1.82) is 0 Å². The van der Waals surface area contributed by atoms with Crippen LogP contribution in [-0.4, -0.2) is 51.9 Å². The fraction of sp³-hybridized carbons (Fsp3) is 0.300. The molecule has 0 saturated carbocycles. The number of nitrogens with one attached hydrogen (secondary N) is 2. The molecule has 0 aromatic heterocycles. The van der Waals surface area contributed by atoms with Crippen LogP contribution >= 0.6 is 39.5 Å².